The molecule has 0 aliphatic rings. The number of anilines is 2. The largest absolute Gasteiger partial charge is 0.496 e. The minimum Gasteiger partial charge on any atom is -0.496 e. The van der Waals surface area contributed by atoms with Gasteiger partial charge in [0.1, 0.15) is 11.5 Å². The van der Waals surface area contributed by atoms with E-state index in [9.17, 15) is 0 Å². The van der Waals surface area contributed by atoms with E-state index in [2.05, 4.69) is 70.5 Å². The van der Waals surface area contributed by atoms with Crippen LogP contribution < -0.4 is 19.3 Å². The summed E-state index contributed by atoms with van der Waals surface area (Å²) in [7, 11) is 11.6. The second-order valence-corrected chi connectivity index (χ2v) is 7.49. The lowest BCUT2D eigenvalue weighted by Crippen LogP contribution is -2.12. The molecule has 0 fully saturated rings. The summed E-state index contributed by atoms with van der Waals surface area (Å²) in [6.45, 7) is 0. The van der Waals surface area contributed by atoms with Crippen LogP contribution >= 0.6 is 0 Å². The molecule has 0 spiro atoms. The molecule has 0 unspecified atom stereocenters. The molecule has 0 heterocycles. The third-order valence-corrected chi connectivity index (χ3v) is 5.22. The van der Waals surface area contributed by atoms with E-state index in [1.807, 2.05) is 34.3 Å². The van der Waals surface area contributed by atoms with E-state index in [1.54, 1.807) is 14.2 Å². The van der Waals surface area contributed by atoms with Gasteiger partial charge in [0.2, 0.25) is 0 Å². The Morgan fingerprint density at radius 2 is 1.07 bits per heavy atom. The second kappa shape index (κ2) is 8.91. The average Bonchev–Trinajstić information content (AvgIpc) is 2.74. The van der Waals surface area contributed by atoms with Crippen LogP contribution in [0.25, 0.3) is 0 Å². The molecule has 29 heavy (non-hydrogen) atoms. The van der Waals surface area contributed by atoms with Crippen molar-refractivity contribution < 1.29 is 9.47 Å². The predicted molar refractivity (Wildman–Crippen MR) is 122 cm³/mol. The van der Waals surface area contributed by atoms with Crippen molar-refractivity contribution in [3.8, 4) is 11.5 Å². The second-order valence-electron chi connectivity index (χ2n) is 7.49. The first-order chi connectivity index (χ1) is 14.0. The maximum atomic E-state index is 5.82. The molecule has 0 N–H and O–H groups in total. The minimum atomic E-state index is -0.00600. The lowest BCUT2D eigenvalue weighted by Gasteiger charge is -2.25. The molecule has 0 amide bonds. The van der Waals surface area contributed by atoms with Gasteiger partial charge in [-0.2, -0.15) is 0 Å². The third-order valence-electron chi connectivity index (χ3n) is 5.22. The lowest BCUT2D eigenvalue weighted by molar-refractivity contribution is 0.402. The van der Waals surface area contributed by atoms with E-state index in [1.165, 1.54) is 5.56 Å². The Morgan fingerprint density at radius 3 is 1.45 bits per heavy atom. The van der Waals surface area contributed by atoms with Crippen LogP contribution in [0, 0.1) is 0 Å². The Labute approximate surface area is 174 Å². The van der Waals surface area contributed by atoms with Crippen LogP contribution in [0.1, 0.15) is 22.6 Å². The quantitative estimate of drug-likeness (QED) is 0.529. The van der Waals surface area contributed by atoms with Crippen LogP contribution in [0.4, 0.5) is 11.4 Å². The van der Waals surface area contributed by atoms with E-state index in [0.717, 1.165) is 34.0 Å². The maximum absolute atomic E-state index is 5.82. The first kappa shape index (κ1) is 20.6. The van der Waals surface area contributed by atoms with Gasteiger partial charge in [-0.05, 0) is 17.7 Å². The van der Waals surface area contributed by atoms with Gasteiger partial charge in [-0.1, -0.05) is 42.5 Å². The van der Waals surface area contributed by atoms with E-state index in [-0.39, 0.29) is 5.92 Å². The lowest BCUT2D eigenvalue weighted by atomic mass is 9.84. The zero-order valence-corrected chi connectivity index (χ0v) is 18.1. The molecule has 4 heteroatoms. The van der Waals surface area contributed by atoms with Gasteiger partial charge in [0.25, 0.3) is 0 Å². The normalized spacial score (nSPS) is 10.7. The summed E-state index contributed by atoms with van der Waals surface area (Å²) >= 11 is 0. The number of nitrogens with zero attached hydrogens (tertiary/aromatic N) is 2. The molecule has 3 aromatic carbocycles. The van der Waals surface area contributed by atoms with Gasteiger partial charge < -0.3 is 19.3 Å². The van der Waals surface area contributed by atoms with Crippen LogP contribution in [0.3, 0.4) is 0 Å². The molecule has 0 bridgehead atoms. The summed E-state index contributed by atoms with van der Waals surface area (Å²) in [5, 5.41) is 0. The molecular formula is C25H30N2O2. The number of benzene rings is 3. The fourth-order valence-electron chi connectivity index (χ4n) is 3.61. The van der Waals surface area contributed by atoms with Crippen LogP contribution in [-0.2, 0) is 0 Å². The van der Waals surface area contributed by atoms with Crippen LogP contribution in [0.5, 0.6) is 11.5 Å². The zero-order valence-electron chi connectivity index (χ0n) is 18.1. The molecule has 3 aromatic rings. The fourth-order valence-corrected chi connectivity index (χ4v) is 3.61. The highest BCUT2D eigenvalue weighted by Gasteiger charge is 2.24. The topological polar surface area (TPSA) is 24.9 Å². The molecule has 0 aliphatic carbocycles. The Kier molecular flexibility index (Phi) is 6.32. The number of rotatable bonds is 7. The van der Waals surface area contributed by atoms with Gasteiger partial charge in [-0.25, -0.2) is 0 Å². The Balaban J connectivity index is 2.23. The van der Waals surface area contributed by atoms with E-state index >= 15 is 0 Å². The Hall–Kier alpha value is -3.14. The fraction of sp³-hybridized carbons (Fsp3) is 0.280. The Morgan fingerprint density at radius 1 is 0.621 bits per heavy atom. The number of ether oxygens (including phenoxy) is 2. The van der Waals surface area contributed by atoms with Crippen LogP contribution in [-0.4, -0.2) is 42.4 Å². The molecular weight excluding hydrogens is 360 g/mol. The standard InChI is InChI=1S/C25H30N2O2/c1-26(2)19-12-14-21(23(16-19)28-5)25(18-10-8-7-9-11-18)22-15-13-20(27(3)4)17-24(22)29-6/h7-17,25H,1-6H3. The van der Waals surface area contributed by atoms with Crippen molar-refractivity contribution in [2.75, 3.05) is 52.2 Å². The van der Waals surface area contributed by atoms with Gasteiger partial charge in [0, 0.05) is 68.7 Å². The van der Waals surface area contributed by atoms with E-state index in [0.29, 0.717) is 0 Å². The van der Waals surface area contributed by atoms with Crippen molar-refractivity contribution in [3.05, 3.63) is 83.4 Å². The third kappa shape index (κ3) is 4.32. The van der Waals surface area contributed by atoms with Gasteiger partial charge in [0.05, 0.1) is 14.2 Å². The average molecular weight is 391 g/mol. The van der Waals surface area contributed by atoms with Crippen molar-refractivity contribution >= 4 is 11.4 Å². The number of hydrogen-bond acceptors (Lipinski definition) is 4. The predicted octanol–water partition coefficient (Wildman–Crippen LogP) is 5.02. The summed E-state index contributed by atoms with van der Waals surface area (Å²) in [5.74, 6) is 1.72. The monoisotopic (exact) mass is 390 g/mol. The number of methoxy groups -OCH3 is 2. The summed E-state index contributed by atoms with van der Waals surface area (Å²) in [6, 6.07) is 23.3. The minimum absolute atomic E-state index is 0.00600. The molecule has 0 atom stereocenters. The molecule has 0 aromatic heterocycles. The van der Waals surface area contributed by atoms with Gasteiger partial charge >= 0.3 is 0 Å². The maximum Gasteiger partial charge on any atom is 0.125 e. The summed E-state index contributed by atoms with van der Waals surface area (Å²) < 4.78 is 11.6. The number of hydrogen-bond donors (Lipinski definition) is 0. The molecule has 0 radical (unpaired) electrons. The van der Waals surface area contributed by atoms with Crippen molar-refractivity contribution in [2.45, 2.75) is 5.92 Å². The van der Waals surface area contributed by atoms with Gasteiger partial charge in [-0.3, -0.25) is 0 Å². The molecule has 152 valence electrons. The highest BCUT2D eigenvalue weighted by molar-refractivity contribution is 5.61. The smallest absolute Gasteiger partial charge is 0.125 e. The van der Waals surface area contributed by atoms with Crippen molar-refractivity contribution in [1.82, 2.24) is 0 Å². The highest BCUT2D eigenvalue weighted by Crippen LogP contribution is 2.43. The first-order valence-electron chi connectivity index (χ1n) is 9.71. The SMILES string of the molecule is COc1cc(N(C)C)ccc1C(c1ccccc1)c1ccc(N(C)C)cc1OC. The first-order valence-corrected chi connectivity index (χ1v) is 9.71. The zero-order chi connectivity index (χ0) is 21.0. The van der Waals surface area contributed by atoms with Gasteiger partial charge in [0.15, 0.2) is 0 Å². The van der Waals surface area contributed by atoms with Crippen molar-refractivity contribution in [1.29, 1.82) is 0 Å². The molecule has 0 saturated carbocycles. The molecule has 4 nitrogen and oxygen atoms in total. The summed E-state index contributed by atoms with van der Waals surface area (Å²) in [4.78, 5) is 4.16. The van der Waals surface area contributed by atoms with Crippen molar-refractivity contribution in [2.24, 2.45) is 0 Å². The molecule has 0 aliphatic heterocycles. The van der Waals surface area contributed by atoms with Crippen molar-refractivity contribution in [3.63, 3.8) is 0 Å². The summed E-state index contributed by atoms with van der Waals surface area (Å²) in [6.07, 6.45) is 0. The summed E-state index contributed by atoms with van der Waals surface area (Å²) in [5.41, 5.74) is 5.62. The van der Waals surface area contributed by atoms with Gasteiger partial charge in [-0.15, -0.1) is 0 Å². The van der Waals surface area contributed by atoms with Crippen LogP contribution in [0.2, 0.25) is 0 Å². The highest BCUT2D eigenvalue weighted by atomic mass is 16.5. The molecule has 3 rings (SSSR count). The van der Waals surface area contributed by atoms with Crippen LogP contribution in [0.15, 0.2) is 66.7 Å². The Bertz CT molecular complexity index is 893. The molecule has 0 saturated heterocycles. The van der Waals surface area contributed by atoms with E-state index in [4.69, 9.17) is 9.47 Å². The van der Waals surface area contributed by atoms with E-state index < -0.39 is 0 Å².